The van der Waals surface area contributed by atoms with E-state index in [1.54, 1.807) is 19.1 Å². The minimum absolute atomic E-state index is 0.0645. The first-order valence-electron chi connectivity index (χ1n) is 9.74. The zero-order valence-corrected chi connectivity index (χ0v) is 19.0. The topological polar surface area (TPSA) is 48.0 Å². The number of nitrogens with zero attached hydrogens (tertiary/aromatic N) is 1. The van der Waals surface area contributed by atoms with Crippen LogP contribution in [0.1, 0.15) is 24.5 Å². The summed E-state index contributed by atoms with van der Waals surface area (Å²) in [4.78, 5) is 15.2. The van der Waals surface area contributed by atoms with Gasteiger partial charge < -0.3 is 14.2 Å². The van der Waals surface area contributed by atoms with Crippen molar-refractivity contribution in [3.63, 3.8) is 0 Å². The number of methoxy groups -OCH3 is 2. The van der Waals surface area contributed by atoms with Gasteiger partial charge >= 0.3 is 0 Å². The Labute approximate surface area is 187 Å². The molecule has 0 saturated carbocycles. The number of hydrogen-bond acceptors (Lipinski definition) is 6. The molecule has 2 aromatic rings. The van der Waals surface area contributed by atoms with Crippen LogP contribution in [0.15, 0.2) is 47.4 Å². The van der Waals surface area contributed by atoms with E-state index in [-0.39, 0.29) is 5.91 Å². The van der Waals surface area contributed by atoms with Crippen molar-refractivity contribution in [1.29, 1.82) is 0 Å². The summed E-state index contributed by atoms with van der Waals surface area (Å²) in [5, 5.41) is 0. The van der Waals surface area contributed by atoms with Crippen molar-refractivity contribution in [1.82, 2.24) is 4.90 Å². The van der Waals surface area contributed by atoms with Gasteiger partial charge in [0.15, 0.2) is 11.5 Å². The van der Waals surface area contributed by atoms with Crippen molar-refractivity contribution < 1.29 is 19.0 Å². The molecule has 3 rings (SSSR count). The number of rotatable bonds is 9. The molecule has 0 radical (unpaired) electrons. The van der Waals surface area contributed by atoms with Gasteiger partial charge in [0.05, 0.1) is 25.7 Å². The van der Waals surface area contributed by atoms with Crippen LogP contribution in [-0.4, -0.2) is 42.5 Å². The molecule has 7 heteroatoms. The fourth-order valence-electron chi connectivity index (χ4n) is 2.99. The number of thioether (sulfide) groups is 1. The van der Waals surface area contributed by atoms with Crippen LogP contribution in [0.5, 0.6) is 17.2 Å². The van der Waals surface area contributed by atoms with Crippen LogP contribution in [0.3, 0.4) is 0 Å². The van der Waals surface area contributed by atoms with Gasteiger partial charge in [0.2, 0.25) is 0 Å². The molecule has 30 heavy (non-hydrogen) atoms. The summed E-state index contributed by atoms with van der Waals surface area (Å²) in [6, 6.07) is 13.5. The highest BCUT2D eigenvalue weighted by Gasteiger charge is 2.31. The number of carbonyl (C=O) groups excluding carboxylic acids is 1. The first-order valence-corrected chi connectivity index (χ1v) is 11.0. The molecule has 1 aliphatic rings. The van der Waals surface area contributed by atoms with Crippen LogP contribution in [0.25, 0.3) is 6.08 Å². The first kappa shape index (κ1) is 22.2. The molecular weight excluding hydrogens is 418 g/mol. The zero-order chi connectivity index (χ0) is 21.5. The Kier molecular flexibility index (Phi) is 7.76. The van der Waals surface area contributed by atoms with Gasteiger partial charge in [-0.1, -0.05) is 49.1 Å². The third-order valence-electron chi connectivity index (χ3n) is 4.60. The monoisotopic (exact) mass is 443 g/mol. The van der Waals surface area contributed by atoms with Crippen molar-refractivity contribution in [3.8, 4) is 17.2 Å². The summed E-state index contributed by atoms with van der Waals surface area (Å²) in [5.41, 5.74) is 2.00. The highest BCUT2D eigenvalue weighted by Crippen LogP contribution is 2.35. The number of amides is 1. The molecule has 1 saturated heterocycles. The van der Waals surface area contributed by atoms with E-state index in [1.165, 1.54) is 11.8 Å². The fourth-order valence-corrected chi connectivity index (χ4v) is 4.29. The van der Waals surface area contributed by atoms with Gasteiger partial charge in [0.25, 0.3) is 5.91 Å². The predicted octanol–water partition coefficient (Wildman–Crippen LogP) is 4.94. The summed E-state index contributed by atoms with van der Waals surface area (Å²) in [6.45, 7) is 3.20. The van der Waals surface area contributed by atoms with Crippen LogP contribution < -0.4 is 14.2 Å². The average molecular weight is 444 g/mol. The maximum Gasteiger partial charge on any atom is 0.266 e. The van der Waals surface area contributed by atoms with E-state index in [1.807, 2.05) is 55.5 Å². The Balaban J connectivity index is 1.70. The number of benzene rings is 2. The second kappa shape index (κ2) is 10.5. The van der Waals surface area contributed by atoms with Gasteiger partial charge in [-0.05, 0) is 54.3 Å². The minimum Gasteiger partial charge on any atom is -0.497 e. The molecule has 1 heterocycles. The lowest BCUT2D eigenvalue weighted by atomic mass is 10.1. The molecule has 0 aliphatic carbocycles. The smallest absolute Gasteiger partial charge is 0.266 e. The minimum atomic E-state index is -0.0645. The molecule has 0 unspecified atom stereocenters. The predicted molar refractivity (Wildman–Crippen MR) is 125 cm³/mol. The van der Waals surface area contributed by atoms with Gasteiger partial charge in [-0.15, -0.1) is 0 Å². The summed E-state index contributed by atoms with van der Waals surface area (Å²) >= 11 is 6.78. The molecule has 1 aliphatic heterocycles. The summed E-state index contributed by atoms with van der Waals surface area (Å²) in [6.07, 6.45) is 3.48. The molecule has 1 fully saturated rings. The van der Waals surface area contributed by atoms with Crippen LogP contribution in [0.2, 0.25) is 0 Å². The van der Waals surface area contributed by atoms with Crippen LogP contribution in [0.4, 0.5) is 0 Å². The molecule has 158 valence electrons. The van der Waals surface area contributed by atoms with Crippen molar-refractivity contribution >= 4 is 40.3 Å². The highest BCUT2D eigenvalue weighted by molar-refractivity contribution is 8.26. The Morgan fingerprint density at radius 2 is 1.83 bits per heavy atom. The standard InChI is InChI=1S/C23H25NO4S2/c1-4-13-28-20-14-17(7-10-19(20)27-3)15-21-22(25)24(23(29)30-21)12-11-16-5-8-18(26-2)9-6-16/h5-10,14-15H,4,11-13H2,1-3H3/b21-15-. The second-order valence-electron chi connectivity index (χ2n) is 6.69. The van der Waals surface area contributed by atoms with E-state index in [9.17, 15) is 4.79 Å². The van der Waals surface area contributed by atoms with Gasteiger partial charge in [-0.2, -0.15) is 0 Å². The van der Waals surface area contributed by atoms with E-state index < -0.39 is 0 Å². The number of carbonyl (C=O) groups is 1. The summed E-state index contributed by atoms with van der Waals surface area (Å²) in [5.74, 6) is 2.09. The zero-order valence-electron chi connectivity index (χ0n) is 17.3. The number of thiocarbonyl (C=S) groups is 1. The van der Waals surface area contributed by atoms with E-state index in [2.05, 4.69) is 0 Å². The van der Waals surface area contributed by atoms with Crippen LogP contribution >= 0.6 is 24.0 Å². The molecule has 0 spiro atoms. The Hall–Kier alpha value is -2.51. The summed E-state index contributed by atoms with van der Waals surface area (Å²) < 4.78 is 16.9. The summed E-state index contributed by atoms with van der Waals surface area (Å²) in [7, 11) is 3.25. The molecule has 0 N–H and O–H groups in total. The van der Waals surface area contributed by atoms with E-state index in [0.29, 0.717) is 33.9 Å². The van der Waals surface area contributed by atoms with E-state index >= 15 is 0 Å². The second-order valence-corrected chi connectivity index (χ2v) is 8.37. The van der Waals surface area contributed by atoms with Gasteiger partial charge in [-0.3, -0.25) is 9.69 Å². The lowest BCUT2D eigenvalue weighted by Gasteiger charge is -2.14. The van der Waals surface area contributed by atoms with Crippen molar-refractivity contribution in [2.45, 2.75) is 19.8 Å². The molecular formula is C23H25NO4S2. The molecule has 1 amide bonds. The van der Waals surface area contributed by atoms with E-state index in [0.717, 1.165) is 29.7 Å². The average Bonchev–Trinajstić information content (AvgIpc) is 3.03. The quantitative estimate of drug-likeness (QED) is 0.404. The lowest BCUT2D eigenvalue weighted by Crippen LogP contribution is -2.30. The molecule has 0 aromatic heterocycles. The lowest BCUT2D eigenvalue weighted by molar-refractivity contribution is -0.122. The fraction of sp³-hybridized carbons (Fsp3) is 0.304. The Morgan fingerprint density at radius 1 is 1.07 bits per heavy atom. The highest BCUT2D eigenvalue weighted by atomic mass is 32.2. The Morgan fingerprint density at radius 3 is 2.50 bits per heavy atom. The van der Waals surface area contributed by atoms with Gasteiger partial charge in [0, 0.05) is 6.54 Å². The van der Waals surface area contributed by atoms with Crippen molar-refractivity contribution in [2.75, 3.05) is 27.4 Å². The maximum atomic E-state index is 12.9. The number of ether oxygens (including phenoxy) is 3. The van der Waals surface area contributed by atoms with Gasteiger partial charge in [0.1, 0.15) is 10.1 Å². The normalized spacial score (nSPS) is 15.0. The van der Waals surface area contributed by atoms with Crippen molar-refractivity contribution in [2.24, 2.45) is 0 Å². The number of hydrogen-bond donors (Lipinski definition) is 0. The SMILES string of the molecule is CCCOc1cc(/C=C2\SC(=S)N(CCc3ccc(OC)cc3)C2=O)ccc1OC. The Bertz CT molecular complexity index is 941. The molecule has 2 aromatic carbocycles. The van der Waals surface area contributed by atoms with Crippen molar-refractivity contribution in [3.05, 3.63) is 58.5 Å². The van der Waals surface area contributed by atoms with Gasteiger partial charge in [-0.25, -0.2) is 0 Å². The first-order chi connectivity index (χ1) is 14.5. The third kappa shape index (κ3) is 5.34. The van der Waals surface area contributed by atoms with Crippen LogP contribution in [0, 0.1) is 0 Å². The van der Waals surface area contributed by atoms with Crippen LogP contribution in [-0.2, 0) is 11.2 Å². The maximum absolute atomic E-state index is 12.9. The molecule has 5 nitrogen and oxygen atoms in total. The van der Waals surface area contributed by atoms with E-state index in [4.69, 9.17) is 26.4 Å². The third-order valence-corrected chi connectivity index (χ3v) is 5.98. The largest absolute Gasteiger partial charge is 0.497 e. The molecule has 0 atom stereocenters. The molecule has 0 bridgehead atoms.